The van der Waals surface area contributed by atoms with Crippen LogP contribution in [-0.4, -0.2) is 6.61 Å². The molecular formula is C10H8FIOS. The lowest BCUT2D eigenvalue weighted by atomic mass is 10.2. The van der Waals surface area contributed by atoms with Crippen LogP contribution in [0.2, 0.25) is 0 Å². The molecule has 74 valence electrons. The molecule has 0 aliphatic heterocycles. The van der Waals surface area contributed by atoms with E-state index in [1.807, 2.05) is 47.7 Å². The van der Waals surface area contributed by atoms with Crippen LogP contribution in [0.1, 0.15) is 6.92 Å². The highest BCUT2D eigenvalue weighted by molar-refractivity contribution is 14.1. The molecule has 4 heteroatoms. The number of halogens is 2. The van der Waals surface area contributed by atoms with Gasteiger partial charge in [-0.05, 0) is 47.7 Å². The summed E-state index contributed by atoms with van der Waals surface area (Å²) in [6, 6.07) is 5.66. The van der Waals surface area contributed by atoms with Crippen LogP contribution in [0, 0.1) is 8.70 Å². The third kappa shape index (κ3) is 1.72. The fourth-order valence-corrected chi connectivity index (χ4v) is 3.10. The molecule has 0 unspecified atom stereocenters. The maximum Gasteiger partial charge on any atom is 0.190 e. The van der Waals surface area contributed by atoms with Crippen LogP contribution in [0.5, 0.6) is 5.75 Å². The monoisotopic (exact) mass is 322 g/mol. The van der Waals surface area contributed by atoms with Crippen molar-refractivity contribution < 1.29 is 9.13 Å². The van der Waals surface area contributed by atoms with E-state index in [-0.39, 0.29) is 5.13 Å². The Kier molecular flexibility index (Phi) is 2.92. The number of benzene rings is 1. The fourth-order valence-electron chi connectivity index (χ4n) is 1.27. The van der Waals surface area contributed by atoms with Crippen LogP contribution in [0.15, 0.2) is 18.2 Å². The summed E-state index contributed by atoms with van der Waals surface area (Å²) >= 11 is 3.19. The van der Waals surface area contributed by atoms with Crippen LogP contribution in [0.25, 0.3) is 10.1 Å². The SMILES string of the molecule is CCOc1ccc2c(I)c(F)sc2c1. The van der Waals surface area contributed by atoms with Crippen molar-refractivity contribution in [2.75, 3.05) is 6.61 Å². The van der Waals surface area contributed by atoms with Gasteiger partial charge in [-0.1, -0.05) is 0 Å². The average molecular weight is 322 g/mol. The van der Waals surface area contributed by atoms with Crippen molar-refractivity contribution in [3.63, 3.8) is 0 Å². The first-order valence-corrected chi connectivity index (χ1v) is 6.12. The number of ether oxygens (including phenoxy) is 1. The van der Waals surface area contributed by atoms with Crippen LogP contribution >= 0.6 is 33.9 Å². The molecular weight excluding hydrogens is 314 g/mol. The highest BCUT2D eigenvalue weighted by atomic mass is 127. The zero-order valence-corrected chi connectivity index (χ0v) is 10.5. The summed E-state index contributed by atoms with van der Waals surface area (Å²) < 4.78 is 20.2. The number of hydrogen-bond donors (Lipinski definition) is 0. The minimum atomic E-state index is -0.116. The summed E-state index contributed by atoms with van der Waals surface area (Å²) in [6.07, 6.45) is 0. The van der Waals surface area contributed by atoms with Crippen molar-refractivity contribution in [3.05, 3.63) is 26.9 Å². The molecule has 2 rings (SSSR count). The van der Waals surface area contributed by atoms with Gasteiger partial charge in [-0.15, -0.1) is 11.3 Å². The highest BCUT2D eigenvalue weighted by Gasteiger charge is 2.09. The summed E-state index contributed by atoms with van der Waals surface area (Å²) in [4.78, 5) is 0. The van der Waals surface area contributed by atoms with Crippen LogP contribution in [0.4, 0.5) is 4.39 Å². The molecule has 1 nitrogen and oxygen atoms in total. The second-order valence-electron chi connectivity index (χ2n) is 2.78. The smallest absolute Gasteiger partial charge is 0.190 e. The third-order valence-electron chi connectivity index (χ3n) is 1.87. The van der Waals surface area contributed by atoms with Gasteiger partial charge < -0.3 is 4.74 Å². The molecule has 0 fully saturated rings. The Bertz CT molecular complexity index is 466. The maximum atomic E-state index is 13.2. The summed E-state index contributed by atoms with van der Waals surface area (Å²) in [5.41, 5.74) is 0. The van der Waals surface area contributed by atoms with Crippen molar-refractivity contribution in [1.82, 2.24) is 0 Å². The van der Waals surface area contributed by atoms with E-state index in [1.54, 1.807) is 0 Å². The van der Waals surface area contributed by atoms with E-state index in [0.717, 1.165) is 27.2 Å². The molecule has 2 aromatic rings. The van der Waals surface area contributed by atoms with Crippen molar-refractivity contribution in [2.24, 2.45) is 0 Å². The molecule has 0 N–H and O–H groups in total. The van der Waals surface area contributed by atoms with E-state index >= 15 is 0 Å². The lowest BCUT2D eigenvalue weighted by molar-refractivity contribution is 0.341. The molecule has 0 aliphatic carbocycles. The molecule has 0 spiro atoms. The van der Waals surface area contributed by atoms with Gasteiger partial charge in [0.1, 0.15) is 5.75 Å². The van der Waals surface area contributed by atoms with E-state index in [4.69, 9.17) is 4.74 Å². The van der Waals surface area contributed by atoms with E-state index in [1.165, 1.54) is 0 Å². The van der Waals surface area contributed by atoms with Gasteiger partial charge in [0.15, 0.2) is 5.13 Å². The normalized spacial score (nSPS) is 10.8. The first kappa shape index (κ1) is 10.2. The topological polar surface area (TPSA) is 9.23 Å². The Labute approximate surface area is 99.0 Å². The zero-order valence-electron chi connectivity index (χ0n) is 7.51. The molecule has 0 saturated heterocycles. The van der Waals surface area contributed by atoms with Gasteiger partial charge in [0.2, 0.25) is 0 Å². The average Bonchev–Trinajstić information content (AvgIpc) is 2.43. The standard InChI is InChI=1S/C10H8FIOS/c1-2-13-6-3-4-7-8(5-6)14-10(11)9(7)12/h3-5H,2H2,1H3. The van der Waals surface area contributed by atoms with Gasteiger partial charge in [-0.25, -0.2) is 0 Å². The van der Waals surface area contributed by atoms with Gasteiger partial charge >= 0.3 is 0 Å². The van der Waals surface area contributed by atoms with E-state index in [2.05, 4.69) is 0 Å². The predicted octanol–water partition coefficient (Wildman–Crippen LogP) is 4.04. The van der Waals surface area contributed by atoms with Gasteiger partial charge in [-0.2, -0.15) is 4.39 Å². The van der Waals surface area contributed by atoms with Gasteiger partial charge in [0, 0.05) is 10.1 Å². The van der Waals surface area contributed by atoms with Crippen molar-refractivity contribution in [2.45, 2.75) is 6.92 Å². The third-order valence-corrected chi connectivity index (χ3v) is 4.23. The molecule has 0 aliphatic rings. The molecule has 1 heterocycles. The molecule has 14 heavy (non-hydrogen) atoms. The molecule has 1 aromatic carbocycles. The summed E-state index contributed by atoms with van der Waals surface area (Å²) in [5, 5.41) is 0.853. The van der Waals surface area contributed by atoms with Gasteiger partial charge in [0.05, 0.1) is 10.2 Å². The fraction of sp³-hybridized carbons (Fsp3) is 0.200. The predicted molar refractivity (Wildman–Crippen MR) is 65.7 cm³/mol. The van der Waals surface area contributed by atoms with Gasteiger partial charge in [0.25, 0.3) is 0 Å². The van der Waals surface area contributed by atoms with E-state index in [0.29, 0.717) is 10.2 Å². The largest absolute Gasteiger partial charge is 0.494 e. The van der Waals surface area contributed by atoms with Crippen molar-refractivity contribution >= 4 is 44.0 Å². The Morgan fingerprint density at radius 3 is 3.00 bits per heavy atom. The van der Waals surface area contributed by atoms with Crippen LogP contribution < -0.4 is 4.74 Å². The minimum absolute atomic E-state index is 0.116. The molecule has 0 amide bonds. The van der Waals surface area contributed by atoms with Crippen molar-refractivity contribution in [3.8, 4) is 5.75 Å². The summed E-state index contributed by atoms with van der Waals surface area (Å²) in [5.74, 6) is 0.803. The van der Waals surface area contributed by atoms with E-state index in [9.17, 15) is 4.39 Å². The Hall–Kier alpha value is -0.360. The lowest BCUT2D eigenvalue weighted by Gasteiger charge is -2.01. The second kappa shape index (κ2) is 4.02. The van der Waals surface area contributed by atoms with E-state index < -0.39 is 0 Å². The second-order valence-corrected chi connectivity index (χ2v) is 4.86. The Balaban J connectivity index is 2.56. The number of rotatable bonds is 2. The Morgan fingerprint density at radius 2 is 2.29 bits per heavy atom. The quantitative estimate of drug-likeness (QED) is 0.758. The molecule has 0 saturated carbocycles. The molecule has 1 aromatic heterocycles. The van der Waals surface area contributed by atoms with Crippen LogP contribution in [0.3, 0.4) is 0 Å². The zero-order chi connectivity index (χ0) is 10.1. The Morgan fingerprint density at radius 1 is 1.50 bits per heavy atom. The highest BCUT2D eigenvalue weighted by Crippen LogP contribution is 2.33. The molecule has 0 bridgehead atoms. The first-order valence-electron chi connectivity index (χ1n) is 4.22. The molecule has 0 radical (unpaired) electrons. The maximum absolute atomic E-state index is 13.2. The number of thiophene rings is 1. The summed E-state index contributed by atoms with van der Waals surface area (Å²) in [7, 11) is 0. The minimum Gasteiger partial charge on any atom is -0.494 e. The van der Waals surface area contributed by atoms with Crippen molar-refractivity contribution in [1.29, 1.82) is 0 Å². The van der Waals surface area contributed by atoms with Crippen LogP contribution in [-0.2, 0) is 0 Å². The molecule has 0 atom stereocenters. The number of hydrogen-bond acceptors (Lipinski definition) is 2. The number of fused-ring (bicyclic) bond motifs is 1. The first-order chi connectivity index (χ1) is 6.72. The lowest BCUT2D eigenvalue weighted by Crippen LogP contribution is -1.89. The van der Waals surface area contributed by atoms with Gasteiger partial charge in [-0.3, -0.25) is 0 Å². The summed E-state index contributed by atoms with van der Waals surface area (Å²) in [6.45, 7) is 2.57.